The van der Waals surface area contributed by atoms with Crippen LogP contribution in [-0.2, 0) is 11.3 Å². The van der Waals surface area contributed by atoms with Gasteiger partial charge < -0.3 is 9.64 Å². The quantitative estimate of drug-likeness (QED) is 0.796. The molecule has 5 heteroatoms. The lowest BCUT2D eigenvalue weighted by Gasteiger charge is -2.15. The Kier molecular flexibility index (Phi) is 4.32. The predicted molar refractivity (Wildman–Crippen MR) is 62.8 cm³/mol. The average Bonchev–Trinajstić information content (AvgIpc) is 2.28. The van der Waals surface area contributed by atoms with E-state index in [0.29, 0.717) is 12.3 Å². The van der Waals surface area contributed by atoms with Crippen LogP contribution in [-0.4, -0.2) is 25.0 Å². The first kappa shape index (κ1) is 12.5. The Balaban J connectivity index is 2.92. The lowest BCUT2D eigenvalue weighted by molar-refractivity contribution is -0.124. The van der Waals surface area contributed by atoms with Crippen LogP contribution in [0.15, 0.2) is 22.7 Å². The maximum absolute atomic E-state index is 11.1. The molecule has 0 unspecified atom stereocenters. The van der Waals surface area contributed by atoms with E-state index in [-0.39, 0.29) is 0 Å². The van der Waals surface area contributed by atoms with Crippen molar-refractivity contribution in [2.45, 2.75) is 6.54 Å². The molecule has 0 aliphatic heterocycles. The van der Waals surface area contributed by atoms with E-state index in [1.54, 1.807) is 20.2 Å². The predicted octanol–water partition coefficient (Wildman–Crippen LogP) is 1.94. The zero-order valence-corrected chi connectivity index (χ0v) is 10.6. The second-order valence-corrected chi connectivity index (χ2v) is 4.14. The topological polar surface area (TPSA) is 53.3 Å². The first-order valence-corrected chi connectivity index (χ1v) is 5.35. The lowest BCUT2D eigenvalue weighted by atomic mass is 10.2. The summed E-state index contributed by atoms with van der Waals surface area (Å²) < 4.78 is 6.08. The Morgan fingerprint density at radius 1 is 1.62 bits per heavy atom. The standard InChI is InChI=1S/C11H11BrN2O2/c1-14(11(15)6-13)7-8-5-9(12)3-4-10(8)16-2/h3-5H,7H2,1-2H3. The maximum atomic E-state index is 11.1. The average molecular weight is 283 g/mol. The third-order valence-electron chi connectivity index (χ3n) is 2.09. The highest BCUT2D eigenvalue weighted by molar-refractivity contribution is 9.10. The molecule has 0 fully saturated rings. The van der Waals surface area contributed by atoms with Gasteiger partial charge in [-0.25, -0.2) is 0 Å². The largest absolute Gasteiger partial charge is 0.496 e. The van der Waals surface area contributed by atoms with Crippen LogP contribution >= 0.6 is 15.9 Å². The van der Waals surface area contributed by atoms with Gasteiger partial charge in [0.05, 0.1) is 7.11 Å². The van der Waals surface area contributed by atoms with Gasteiger partial charge in [0.1, 0.15) is 5.75 Å². The molecule has 0 aliphatic rings. The Labute approximate surface area is 103 Å². The number of halogens is 1. The highest BCUT2D eigenvalue weighted by Crippen LogP contribution is 2.23. The number of nitrogens with zero attached hydrogens (tertiary/aromatic N) is 2. The zero-order valence-electron chi connectivity index (χ0n) is 9.03. The number of nitriles is 1. The van der Waals surface area contributed by atoms with Crippen LogP contribution in [0, 0.1) is 11.3 Å². The van der Waals surface area contributed by atoms with Gasteiger partial charge in [-0.3, -0.25) is 4.79 Å². The molecule has 0 radical (unpaired) electrons. The fraction of sp³-hybridized carbons (Fsp3) is 0.273. The number of ether oxygens (including phenoxy) is 1. The highest BCUT2D eigenvalue weighted by Gasteiger charge is 2.11. The van der Waals surface area contributed by atoms with E-state index in [1.807, 2.05) is 18.2 Å². The number of carbonyl (C=O) groups excluding carboxylic acids is 1. The third kappa shape index (κ3) is 2.97. The van der Waals surface area contributed by atoms with E-state index in [1.165, 1.54) is 4.90 Å². The minimum absolute atomic E-state index is 0.342. The summed E-state index contributed by atoms with van der Waals surface area (Å²) in [6, 6.07) is 7.10. The monoisotopic (exact) mass is 282 g/mol. The van der Waals surface area contributed by atoms with Crippen molar-refractivity contribution in [3.63, 3.8) is 0 Å². The number of hydrogen-bond acceptors (Lipinski definition) is 3. The van der Waals surface area contributed by atoms with Gasteiger partial charge in [0.15, 0.2) is 6.07 Å². The van der Waals surface area contributed by atoms with Crippen molar-refractivity contribution in [2.24, 2.45) is 0 Å². The molecule has 0 atom stereocenters. The van der Waals surface area contributed by atoms with Crippen molar-refractivity contribution >= 4 is 21.8 Å². The van der Waals surface area contributed by atoms with E-state index < -0.39 is 5.91 Å². The summed E-state index contributed by atoms with van der Waals surface area (Å²) >= 11 is 3.35. The molecule has 0 saturated carbocycles. The molecule has 1 aromatic carbocycles. The van der Waals surface area contributed by atoms with Crippen LogP contribution in [0.2, 0.25) is 0 Å². The summed E-state index contributed by atoms with van der Waals surface area (Å²) in [6.07, 6.45) is 0. The van der Waals surface area contributed by atoms with Gasteiger partial charge in [0.25, 0.3) is 0 Å². The first-order chi connectivity index (χ1) is 7.58. The SMILES string of the molecule is COc1ccc(Br)cc1CN(C)C(=O)C#N. The van der Waals surface area contributed by atoms with Crippen molar-refractivity contribution in [1.29, 1.82) is 5.26 Å². The molecule has 84 valence electrons. The summed E-state index contributed by atoms with van der Waals surface area (Å²) in [5, 5.41) is 8.48. The molecule has 1 rings (SSSR count). The van der Waals surface area contributed by atoms with Gasteiger partial charge in [0.2, 0.25) is 0 Å². The molecule has 0 aromatic heterocycles. The lowest BCUT2D eigenvalue weighted by Crippen LogP contribution is -2.24. The molecule has 1 amide bonds. The maximum Gasteiger partial charge on any atom is 0.325 e. The van der Waals surface area contributed by atoms with E-state index in [2.05, 4.69) is 15.9 Å². The molecule has 0 heterocycles. The Morgan fingerprint density at radius 2 is 2.31 bits per heavy atom. The van der Waals surface area contributed by atoms with Gasteiger partial charge in [-0.2, -0.15) is 5.26 Å². The van der Waals surface area contributed by atoms with Crippen LogP contribution in [0.25, 0.3) is 0 Å². The number of methoxy groups -OCH3 is 1. The second-order valence-electron chi connectivity index (χ2n) is 3.23. The van der Waals surface area contributed by atoms with E-state index >= 15 is 0 Å². The third-order valence-corrected chi connectivity index (χ3v) is 2.59. The van der Waals surface area contributed by atoms with E-state index in [0.717, 1.165) is 10.0 Å². The molecule has 0 N–H and O–H groups in total. The molecule has 0 aliphatic carbocycles. The number of benzene rings is 1. The molecular formula is C11H11BrN2O2. The van der Waals surface area contributed by atoms with Gasteiger partial charge in [-0.15, -0.1) is 0 Å². The zero-order chi connectivity index (χ0) is 12.1. The summed E-state index contributed by atoms with van der Waals surface area (Å²) in [4.78, 5) is 12.5. The Morgan fingerprint density at radius 3 is 2.88 bits per heavy atom. The van der Waals surface area contributed by atoms with Crippen molar-refractivity contribution in [3.8, 4) is 11.8 Å². The molecule has 16 heavy (non-hydrogen) atoms. The van der Waals surface area contributed by atoms with Gasteiger partial charge in [-0.1, -0.05) is 15.9 Å². The fourth-order valence-corrected chi connectivity index (χ4v) is 1.69. The molecule has 4 nitrogen and oxygen atoms in total. The summed E-state index contributed by atoms with van der Waals surface area (Å²) in [5.41, 5.74) is 0.850. The van der Waals surface area contributed by atoms with Crippen molar-refractivity contribution in [1.82, 2.24) is 4.90 Å². The van der Waals surface area contributed by atoms with Crippen molar-refractivity contribution in [3.05, 3.63) is 28.2 Å². The summed E-state index contributed by atoms with van der Waals surface area (Å²) in [6.45, 7) is 0.342. The molecule has 0 spiro atoms. The first-order valence-electron chi connectivity index (χ1n) is 4.56. The number of rotatable bonds is 3. The summed E-state index contributed by atoms with van der Waals surface area (Å²) in [5.74, 6) is 0.128. The van der Waals surface area contributed by atoms with Gasteiger partial charge >= 0.3 is 5.91 Å². The van der Waals surface area contributed by atoms with Crippen LogP contribution < -0.4 is 4.74 Å². The molecule has 0 saturated heterocycles. The molecule has 0 bridgehead atoms. The van der Waals surface area contributed by atoms with Crippen LogP contribution in [0.1, 0.15) is 5.56 Å². The van der Waals surface area contributed by atoms with Gasteiger partial charge in [0, 0.05) is 23.6 Å². The second kappa shape index (κ2) is 5.52. The van der Waals surface area contributed by atoms with Crippen molar-refractivity contribution in [2.75, 3.05) is 14.2 Å². The summed E-state index contributed by atoms with van der Waals surface area (Å²) in [7, 11) is 3.14. The van der Waals surface area contributed by atoms with Crippen LogP contribution in [0.4, 0.5) is 0 Å². The minimum atomic E-state index is -0.568. The van der Waals surface area contributed by atoms with E-state index in [9.17, 15) is 4.79 Å². The van der Waals surface area contributed by atoms with Gasteiger partial charge in [-0.05, 0) is 18.2 Å². The van der Waals surface area contributed by atoms with Crippen molar-refractivity contribution < 1.29 is 9.53 Å². The minimum Gasteiger partial charge on any atom is -0.496 e. The van der Waals surface area contributed by atoms with Crippen LogP contribution in [0.3, 0.4) is 0 Å². The Bertz CT molecular complexity index is 440. The molecule has 1 aromatic rings. The molecular weight excluding hydrogens is 272 g/mol. The number of carbonyl (C=O) groups is 1. The fourth-order valence-electron chi connectivity index (χ4n) is 1.28. The number of amides is 1. The van der Waals surface area contributed by atoms with E-state index in [4.69, 9.17) is 10.00 Å². The Hall–Kier alpha value is -1.54. The van der Waals surface area contributed by atoms with Crippen LogP contribution in [0.5, 0.6) is 5.75 Å². The smallest absolute Gasteiger partial charge is 0.325 e. The normalized spacial score (nSPS) is 9.38. The highest BCUT2D eigenvalue weighted by atomic mass is 79.9. The number of hydrogen-bond donors (Lipinski definition) is 0.